The van der Waals surface area contributed by atoms with Gasteiger partial charge in [0, 0.05) is 6.10 Å². The number of rotatable bonds is 0. The number of aliphatic hydroxyl groups is 1. The summed E-state index contributed by atoms with van der Waals surface area (Å²) in [5.41, 5.74) is 6.64. The predicted molar refractivity (Wildman–Crippen MR) is 42.4 cm³/mol. The van der Waals surface area contributed by atoms with Gasteiger partial charge in [-0.2, -0.15) is 9.59 Å². The van der Waals surface area contributed by atoms with Gasteiger partial charge in [0.2, 0.25) is 0 Å². The molecule has 0 aliphatic heterocycles. The quantitative estimate of drug-likeness (QED) is 0.223. The Morgan fingerprint density at radius 2 is 1.43 bits per heavy atom. The summed E-state index contributed by atoms with van der Waals surface area (Å²) >= 11 is 0. The summed E-state index contributed by atoms with van der Waals surface area (Å²) in [6, 6.07) is 0. The van der Waals surface area contributed by atoms with Gasteiger partial charge in [-0.15, -0.1) is 4.91 Å². The van der Waals surface area contributed by atoms with Gasteiger partial charge in [-0.25, -0.2) is 0 Å². The van der Waals surface area contributed by atoms with Gasteiger partial charge in [-0.3, -0.25) is 5.53 Å². The van der Waals surface area contributed by atoms with Gasteiger partial charge in [0.25, 0.3) is 0 Å². The Bertz CT molecular complexity index is 132. The molecule has 0 aliphatic rings. The molecule has 4 N–H and O–H groups in total. The minimum Gasteiger partial charge on any atom is -0.412 e. The van der Waals surface area contributed by atoms with Gasteiger partial charge in [0.05, 0.1) is 0 Å². The molecule has 0 fully saturated rings. The van der Waals surface area contributed by atoms with E-state index < -0.39 is 0 Å². The maximum Gasteiger partial charge on any atom is 0.373 e. The second-order valence-corrected chi connectivity index (χ2v) is 1.34. The number of nitrogens with zero attached hydrogens (tertiary/aromatic N) is 3. The second kappa shape index (κ2) is 68.6. The molecule has 0 unspecified atom stereocenters. The van der Waals surface area contributed by atoms with Crippen LogP contribution in [-0.4, -0.2) is 28.0 Å². The third-order valence-electron chi connectivity index (χ3n) is 0. The number of nitroso groups, excluding NO2 is 1. The van der Waals surface area contributed by atoms with Crippen LogP contribution in [0.25, 0.3) is 5.53 Å². The fourth-order valence-electron chi connectivity index (χ4n) is 0. The van der Waals surface area contributed by atoms with Crippen LogP contribution in [-0.2, 0) is 9.59 Å². The Labute approximate surface area is 78.3 Å². The molecule has 0 saturated carbocycles. The summed E-state index contributed by atoms with van der Waals surface area (Å²) in [6.07, 6.45) is 0.0833. The smallest absolute Gasteiger partial charge is 0.373 e. The van der Waals surface area contributed by atoms with Gasteiger partial charge in [0.15, 0.2) is 10.2 Å². The van der Waals surface area contributed by atoms with E-state index in [-0.39, 0.29) is 17.7 Å². The van der Waals surface area contributed by atoms with Crippen LogP contribution in [0.2, 0.25) is 0 Å². The Morgan fingerprint density at radius 1 is 1.43 bits per heavy atom. The molecule has 84 valence electrons. The van der Waals surface area contributed by atoms with Crippen LogP contribution in [0.15, 0.2) is 5.34 Å². The first-order chi connectivity index (χ1) is 5.97. The third-order valence-corrected chi connectivity index (χ3v) is 0. The molecule has 0 bridgehead atoms. The van der Waals surface area contributed by atoms with Crippen molar-refractivity contribution in [3.05, 3.63) is 15.3 Å². The number of hydrogen-bond acceptors (Lipinski definition) is 6. The van der Waals surface area contributed by atoms with E-state index in [2.05, 4.69) is 0 Å². The van der Waals surface area contributed by atoms with Crippen molar-refractivity contribution >= 4 is 6.15 Å². The monoisotopic (exact) mass is 213 g/mol. The SMILES string of the molecule is CC(C)O.O.O=C=O.O=NO.[N-]=[N+]=O. The molecular formula is C4H11N3O7. The van der Waals surface area contributed by atoms with Gasteiger partial charge in [-0.1, -0.05) is 0 Å². The van der Waals surface area contributed by atoms with Gasteiger partial charge >= 0.3 is 6.15 Å². The van der Waals surface area contributed by atoms with Crippen molar-refractivity contribution in [3.63, 3.8) is 0 Å². The Balaban J connectivity index is -0.0000000254. The number of hydrogen-bond donors (Lipinski definition) is 2. The molecule has 0 radical (unpaired) electrons. The lowest BCUT2D eigenvalue weighted by atomic mass is 10.5. The first kappa shape index (κ1) is 29.6. The molecule has 14 heavy (non-hydrogen) atoms. The summed E-state index contributed by atoms with van der Waals surface area (Å²) in [6.45, 7) is 3.44. The lowest BCUT2D eigenvalue weighted by molar-refractivity contribution is -0.191. The zero-order valence-electron chi connectivity index (χ0n) is 7.45. The summed E-state index contributed by atoms with van der Waals surface area (Å²) in [7, 11) is 0. The van der Waals surface area contributed by atoms with Crippen LogP contribution in [0.5, 0.6) is 0 Å². The fourth-order valence-corrected chi connectivity index (χ4v) is 0. The van der Waals surface area contributed by atoms with Crippen molar-refractivity contribution in [1.29, 1.82) is 0 Å². The summed E-state index contributed by atoms with van der Waals surface area (Å²) < 4.78 is 0. The van der Waals surface area contributed by atoms with E-state index in [1.807, 2.05) is 0 Å². The van der Waals surface area contributed by atoms with E-state index in [0.29, 0.717) is 0 Å². The topological polar surface area (TPSA) is 189 Å². The minimum atomic E-state index is -0.167. The van der Waals surface area contributed by atoms with Crippen molar-refractivity contribution in [1.82, 2.24) is 4.97 Å². The lowest BCUT2D eigenvalue weighted by Crippen LogP contribution is -1.85. The maximum absolute atomic E-state index is 8.12. The van der Waals surface area contributed by atoms with E-state index in [1.54, 1.807) is 13.8 Å². The van der Waals surface area contributed by atoms with Crippen molar-refractivity contribution in [2.45, 2.75) is 20.0 Å². The van der Waals surface area contributed by atoms with Crippen LogP contribution in [0, 0.1) is 9.81 Å². The maximum atomic E-state index is 8.12. The molecule has 0 aromatic carbocycles. The van der Waals surface area contributed by atoms with E-state index in [0.717, 1.165) is 0 Å². The normalized spacial score (nSPS) is 4.57. The van der Waals surface area contributed by atoms with Crippen LogP contribution in [0.1, 0.15) is 13.8 Å². The molecule has 10 heteroatoms. The first-order valence-corrected chi connectivity index (χ1v) is 2.59. The zero-order chi connectivity index (χ0) is 11.7. The molecule has 0 rings (SSSR count). The Kier molecular flexibility index (Phi) is 145. The third kappa shape index (κ3) is 205. The van der Waals surface area contributed by atoms with Crippen molar-refractivity contribution in [3.8, 4) is 0 Å². The molecule has 0 heterocycles. The molecule has 10 nitrogen and oxygen atoms in total. The molecule has 0 atom stereocenters. The highest BCUT2D eigenvalue weighted by Crippen LogP contribution is 1.65. The van der Waals surface area contributed by atoms with Gasteiger partial charge < -0.3 is 15.8 Å². The average Bonchev–Trinajstić information content (AvgIpc) is 1.88. The van der Waals surface area contributed by atoms with E-state index in [1.165, 1.54) is 10.3 Å². The highest BCUT2D eigenvalue weighted by Gasteiger charge is 1.69. The highest BCUT2D eigenvalue weighted by molar-refractivity contribution is 5.20. The largest absolute Gasteiger partial charge is 0.412 e. The zero-order valence-corrected chi connectivity index (χ0v) is 7.45. The summed E-state index contributed by atoms with van der Waals surface area (Å²) in [5, 5.41) is 15.9. The number of carbonyl (C=O) groups excluding carboxylic acids is 2. The lowest BCUT2D eigenvalue weighted by Gasteiger charge is -1.80. The summed E-state index contributed by atoms with van der Waals surface area (Å²) in [4.78, 5) is 33.7. The second-order valence-electron chi connectivity index (χ2n) is 1.34. The molecule has 0 saturated heterocycles. The average molecular weight is 213 g/mol. The molecular weight excluding hydrogens is 202 g/mol. The summed E-state index contributed by atoms with van der Waals surface area (Å²) in [5.74, 6) is 0. The number of aliphatic hydroxyl groups excluding tert-OH is 1. The van der Waals surface area contributed by atoms with Crippen LogP contribution in [0.4, 0.5) is 0 Å². The van der Waals surface area contributed by atoms with E-state index in [9.17, 15) is 0 Å². The Hall–Kier alpha value is -1.99. The van der Waals surface area contributed by atoms with E-state index >= 15 is 0 Å². The standard InChI is InChI=1S/C3H8O.CO2.N2O.HNO2.H2O/c1-3(2)4;2-1-3;1-2-3;2-1-3;/h3-4H,1-2H3;;;(H,2,3);1H2. The van der Waals surface area contributed by atoms with Crippen LogP contribution < -0.4 is 4.97 Å². The predicted octanol–water partition coefficient (Wildman–Crippen LogP) is -1.04. The molecule has 0 aliphatic carbocycles. The van der Waals surface area contributed by atoms with Crippen LogP contribution in [0.3, 0.4) is 0 Å². The van der Waals surface area contributed by atoms with E-state index in [4.69, 9.17) is 35.2 Å². The molecule has 0 aromatic rings. The fraction of sp³-hybridized carbons (Fsp3) is 0.750. The minimum absolute atomic E-state index is 0. The van der Waals surface area contributed by atoms with Gasteiger partial charge in [-0.05, 0) is 13.8 Å². The van der Waals surface area contributed by atoms with Crippen molar-refractivity contribution < 1.29 is 25.4 Å². The Morgan fingerprint density at radius 3 is 1.43 bits per heavy atom. The van der Waals surface area contributed by atoms with Crippen molar-refractivity contribution in [2.24, 2.45) is 5.34 Å². The van der Waals surface area contributed by atoms with Gasteiger partial charge in [0.1, 0.15) is 4.97 Å². The highest BCUT2D eigenvalue weighted by atomic mass is 16.6. The van der Waals surface area contributed by atoms with Crippen molar-refractivity contribution in [2.75, 3.05) is 0 Å². The molecule has 0 amide bonds. The molecule has 0 aromatic heterocycles. The molecule has 0 spiro atoms. The van der Waals surface area contributed by atoms with Crippen LogP contribution >= 0.6 is 0 Å². The first-order valence-electron chi connectivity index (χ1n) is 2.59.